The maximum absolute atomic E-state index is 10.1. The Balaban J connectivity index is 2.06. The molecule has 3 heteroatoms. The normalized spacial score (nSPS) is 21.7. The Kier molecular flexibility index (Phi) is 4.23. The Labute approximate surface area is 131 Å². The van der Waals surface area contributed by atoms with Crippen LogP contribution in [0, 0.1) is 16.7 Å². The van der Waals surface area contributed by atoms with Gasteiger partial charge in [0.05, 0.1) is 0 Å². The quantitative estimate of drug-likeness (QED) is 0.801. The average Bonchev–Trinajstić information content (AvgIpc) is 2.75. The molecule has 1 unspecified atom stereocenters. The molecule has 0 heterocycles. The summed E-state index contributed by atoms with van der Waals surface area (Å²) in [6.07, 6.45) is 0.970. The highest BCUT2D eigenvalue weighted by atomic mass is 79.9. The van der Waals surface area contributed by atoms with Crippen LogP contribution in [-0.2, 0) is 0 Å². The molecule has 2 N–H and O–H groups in total. The zero-order valence-corrected chi connectivity index (χ0v) is 14.7. The van der Waals surface area contributed by atoms with Crippen LogP contribution in [0.4, 0.5) is 0 Å². The van der Waals surface area contributed by atoms with Gasteiger partial charge in [-0.3, -0.25) is 0 Å². The van der Waals surface area contributed by atoms with Crippen LogP contribution in [0.1, 0.15) is 52.6 Å². The lowest BCUT2D eigenvalue weighted by Crippen LogP contribution is -2.24. The number of halogens is 1. The van der Waals surface area contributed by atoms with Crippen molar-refractivity contribution in [1.82, 2.24) is 5.32 Å². The van der Waals surface area contributed by atoms with E-state index in [4.69, 9.17) is 0 Å². The molecular weight excluding hydrogens is 314 g/mol. The van der Waals surface area contributed by atoms with E-state index in [1.54, 1.807) is 6.07 Å². The van der Waals surface area contributed by atoms with E-state index >= 15 is 0 Å². The number of nitrogens with one attached hydrogen (secondary N) is 1. The summed E-state index contributed by atoms with van der Waals surface area (Å²) in [6.45, 7) is 12.5. The smallest absolute Gasteiger partial charge is 0.120 e. The first kappa shape index (κ1) is 15.8. The van der Waals surface area contributed by atoms with Crippen LogP contribution in [0.25, 0.3) is 0 Å². The summed E-state index contributed by atoms with van der Waals surface area (Å²) in [4.78, 5) is 0. The number of hydrogen-bond acceptors (Lipinski definition) is 2. The van der Waals surface area contributed by atoms with Gasteiger partial charge in [0.1, 0.15) is 5.75 Å². The molecule has 0 aliphatic heterocycles. The minimum Gasteiger partial charge on any atom is -0.508 e. The van der Waals surface area contributed by atoms with Gasteiger partial charge in [-0.25, -0.2) is 0 Å². The minimum absolute atomic E-state index is 0.208. The van der Waals surface area contributed by atoms with Gasteiger partial charge in [0.15, 0.2) is 0 Å². The second-order valence-corrected chi connectivity index (χ2v) is 7.98. The van der Waals surface area contributed by atoms with Crippen LogP contribution in [0.5, 0.6) is 5.75 Å². The molecule has 2 rings (SSSR count). The third-order valence-corrected chi connectivity index (χ3v) is 6.15. The van der Waals surface area contributed by atoms with Crippen molar-refractivity contribution in [3.05, 3.63) is 28.2 Å². The van der Waals surface area contributed by atoms with Gasteiger partial charge in [0.25, 0.3) is 0 Å². The second kappa shape index (κ2) is 5.34. The van der Waals surface area contributed by atoms with Gasteiger partial charge in [0, 0.05) is 16.1 Å². The van der Waals surface area contributed by atoms with Crippen molar-refractivity contribution in [2.75, 3.05) is 6.54 Å². The van der Waals surface area contributed by atoms with E-state index in [-0.39, 0.29) is 6.04 Å². The van der Waals surface area contributed by atoms with Crippen LogP contribution >= 0.6 is 15.9 Å². The van der Waals surface area contributed by atoms with Gasteiger partial charge in [-0.1, -0.05) is 50.5 Å². The Morgan fingerprint density at radius 1 is 1.25 bits per heavy atom. The van der Waals surface area contributed by atoms with Crippen LogP contribution in [0.2, 0.25) is 0 Å². The van der Waals surface area contributed by atoms with E-state index < -0.39 is 0 Å². The number of hydrogen-bond donors (Lipinski definition) is 2. The maximum atomic E-state index is 10.1. The first-order valence-electron chi connectivity index (χ1n) is 7.43. The highest BCUT2D eigenvalue weighted by Gasteiger charge is 2.63. The van der Waals surface area contributed by atoms with Gasteiger partial charge < -0.3 is 10.4 Å². The summed E-state index contributed by atoms with van der Waals surface area (Å²) in [6, 6.07) is 5.85. The fourth-order valence-electron chi connectivity index (χ4n) is 3.38. The molecule has 112 valence electrons. The van der Waals surface area contributed by atoms with Gasteiger partial charge in [-0.2, -0.15) is 0 Å². The van der Waals surface area contributed by atoms with Crippen molar-refractivity contribution in [3.63, 3.8) is 0 Å². The predicted molar refractivity (Wildman–Crippen MR) is 87.9 cm³/mol. The van der Waals surface area contributed by atoms with Crippen LogP contribution < -0.4 is 5.32 Å². The van der Waals surface area contributed by atoms with Crippen LogP contribution in [0.15, 0.2) is 22.7 Å². The number of aromatic hydroxyl groups is 1. The molecule has 1 aliphatic rings. The lowest BCUT2D eigenvalue weighted by Gasteiger charge is -2.19. The molecule has 0 amide bonds. The molecule has 20 heavy (non-hydrogen) atoms. The molecule has 0 spiro atoms. The van der Waals surface area contributed by atoms with Crippen molar-refractivity contribution in [2.45, 2.75) is 47.1 Å². The number of phenolic OH excluding ortho intramolecular Hbond substituents is 1. The van der Waals surface area contributed by atoms with Crippen LogP contribution in [-0.4, -0.2) is 11.7 Å². The molecule has 0 radical (unpaired) electrons. The van der Waals surface area contributed by atoms with Gasteiger partial charge in [0.2, 0.25) is 0 Å². The second-order valence-electron chi connectivity index (χ2n) is 7.07. The van der Waals surface area contributed by atoms with E-state index in [0.29, 0.717) is 22.5 Å². The molecule has 1 fully saturated rings. The lowest BCUT2D eigenvalue weighted by atomic mass is 10.0. The molecule has 1 saturated carbocycles. The Hall–Kier alpha value is -0.540. The SMILES string of the molecule is CCC(NCC1C(C)(C)C1(C)C)c1cc(Br)ccc1O. The third kappa shape index (κ3) is 2.62. The highest BCUT2D eigenvalue weighted by Crippen LogP contribution is 2.68. The van der Waals surface area contributed by atoms with E-state index in [2.05, 4.69) is 55.9 Å². The van der Waals surface area contributed by atoms with Crippen molar-refractivity contribution < 1.29 is 5.11 Å². The van der Waals surface area contributed by atoms with Crippen molar-refractivity contribution in [1.29, 1.82) is 0 Å². The van der Waals surface area contributed by atoms with Gasteiger partial charge in [-0.15, -0.1) is 0 Å². The Morgan fingerprint density at radius 3 is 2.35 bits per heavy atom. The standard InChI is InChI=1S/C17H26BrNO/c1-6-13(12-9-11(18)7-8-14(12)20)19-10-15-16(2,3)17(15,4)5/h7-9,13,15,19-20H,6,10H2,1-5H3. The summed E-state index contributed by atoms with van der Waals surface area (Å²) < 4.78 is 1.01. The minimum atomic E-state index is 0.208. The molecular formula is C17H26BrNO. The molecule has 1 aliphatic carbocycles. The van der Waals surface area contributed by atoms with Crippen molar-refractivity contribution in [2.24, 2.45) is 16.7 Å². The number of rotatable bonds is 5. The molecule has 1 atom stereocenters. The topological polar surface area (TPSA) is 32.3 Å². The van der Waals surface area contributed by atoms with E-state index in [1.807, 2.05) is 12.1 Å². The number of benzene rings is 1. The summed E-state index contributed by atoms with van der Waals surface area (Å²) in [7, 11) is 0. The van der Waals surface area contributed by atoms with E-state index in [9.17, 15) is 5.11 Å². The molecule has 1 aromatic carbocycles. The highest BCUT2D eigenvalue weighted by molar-refractivity contribution is 9.10. The third-order valence-electron chi connectivity index (χ3n) is 5.66. The maximum Gasteiger partial charge on any atom is 0.120 e. The fraction of sp³-hybridized carbons (Fsp3) is 0.647. The summed E-state index contributed by atoms with van der Waals surface area (Å²) in [5.74, 6) is 1.07. The molecule has 1 aromatic rings. The lowest BCUT2D eigenvalue weighted by molar-refractivity contribution is 0.425. The van der Waals surface area contributed by atoms with Crippen molar-refractivity contribution >= 4 is 15.9 Å². The molecule has 0 saturated heterocycles. The van der Waals surface area contributed by atoms with Crippen molar-refractivity contribution in [3.8, 4) is 5.75 Å². The van der Waals surface area contributed by atoms with Gasteiger partial charge in [-0.05, 0) is 47.9 Å². The summed E-state index contributed by atoms with van der Waals surface area (Å²) >= 11 is 3.48. The Morgan fingerprint density at radius 2 is 1.85 bits per heavy atom. The van der Waals surface area contributed by atoms with Gasteiger partial charge >= 0.3 is 0 Å². The summed E-state index contributed by atoms with van der Waals surface area (Å²) in [5, 5.41) is 13.7. The largest absolute Gasteiger partial charge is 0.508 e. The fourth-order valence-corrected chi connectivity index (χ4v) is 3.76. The molecule has 2 nitrogen and oxygen atoms in total. The first-order chi connectivity index (χ1) is 9.21. The zero-order chi connectivity index (χ0) is 15.1. The summed E-state index contributed by atoms with van der Waals surface area (Å²) in [5.41, 5.74) is 1.79. The average molecular weight is 340 g/mol. The monoisotopic (exact) mass is 339 g/mol. The number of phenols is 1. The van der Waals surface area contributed by atoms with Crippen LogP contribution in [0.3, 0.4) is 0 Å². The zero-order valence-electron chi connectivity index (χ0n) is 13.1. The Bertz CT molecular complexity index is 482. The van der Waals surface area contributed by atoms with E-state index in [0.717, 1.165) is 23.0 Å². The predicted octanol–water partition coefficient (Wildman–Crippen LogP) is 4.88. The molecule has 0 bridgehead atoms. The molecule has 0 aromatic heterocycles. The first-order valence-corrected chi connectivity index (χ1v) is 8.23. The van der Waals surface area contributed by atoms with E-state index in [1.165, 1.54) is 0 Å².